The van der Waals surface area contributed by atoms with E-state index in [1.807, 2.05) is 25.0 Å². The number of imidazole rings is 2. The summed E-state index contributed by atoms with van der Waals surface area (Å²) in [4.78, 5) is 21.7. The van der Waals surface area contributed by atoms with Crippen LogP contribution in [0.25, 0.3) is 22.5 Å². The zero-order chi connectivity index (χ0) is 39.3. The van der Waals surface area contributed by atoms with Crippen LogP contribution in [0, 0.1) is 11.8 Å². The Balaban J connectivity index is 0.000000150. The Morgan fingerprint density at radius 3 is 1.60 bits per heavy atom. The van der Waals surface area contributed by atoms with Crippen LogP contribution < -0.4 is 5.32 Å². The molecule has 2 saturated heterocycles. The molecular formula is C46H63ClN6O5. The van der Waals surface area contributed by atoms with Crippen molar-refractivity contribution in [2.75, 3.05) is 26.2 Å². The van der Waals surface area contributed by atoms with Crippen molar-refractivity contribution in [3.05, 3.63) is 84.7 Å². The molecular weight excluding hydrogens is 752 g/mol. The van der Waals surface area contributed by atoms with Crippen LogP contribution >= 0.6 is 12.4 Å². The van der Waals surface area contributed by atoms with Gasteiger partial charge in [-0.2, -0.15) is 0 Å². The molecule has 0 amide bonds. The Morgan fingerprint density at radius 1 is 0.638 bits per heavy atom. The van der Waals surface area contributed by atoms with E-state index in [9.17, 15) is 20.1 Å². The minimum atomic E-state index is -0.276. The smallest absolute Gasteiger partial charge is 0.133 e. The number of piperidine rings is 2. The molecule has 4 fully saturated rings. The molecule has 2 saturated carbocycles. The van der Waals surface area contributed by atoms with Crippen molar-refractivity contribution in [3.8, 4) is 22.5 Å². The maximum atomic E-state index is 11.1. The maximum absolute atomic E-state index is 11.1. The standard InChI is InChI=1S/C23H31N3O2.C17H21N3O.C6H10O2.ClH/c27-18-7-5-17(6-8-18)25-11-9-16(10-12-25)23(28)13-21-19-3-1-2-4-20(19)22-14-24-15-26(21)22;21-17(12-5-7-18-8-6-12)9-15-13-3-1-2-4-14(13)16-10-19-11-20(15)16;7-5-1-2-6(8)4-3-5;/h1-4,14-18,21,23,27-28H,5-13H2;1-4,10-12,15,17-18,21H,5-9H2;5,7H,1-4H2;1H. The van der Waals surface area contributed by atoms with Crippen molar-refractivity contribution in [1.29, 1.82) is 0 Å². The number of rotatable bonds is 7. The fraction of sp³-hybridized carbons (Fsp3) is 0.587. The van der Waals surface area contributed by atoms with E-state index in [0.29, 0.717) is 49.3 Å². The van der Waals surface area contributed by atoms with E-state index in [-0.39, 0.29) is 48.9 Å². The summed E-state index contributed by atoms with van der Waals surface area (Å²) in [5, 5.41) is 43.7. The van der Waals surface area contributed by atoms with Crippen molar-refractivity contribution in [3.63, 3.8) is 0 Å². The second kappa shape index (κ2) is 19.8. The zero-order valence-corrected chi connectivity index (χ0v) is 34.5. The second-order valence-electron chi connectivity index (χ2n) is 17.4. The van der Waals surface area contributed by atoms with E-state index in [1.165, 1.54) is 33.6 Å². The summed E-state index contributed by atoms with van der Waals surface area (Å²) in [6.45, 7) is 4.22. The first-order chi connectivity index (χ1) is 27.8. The lowest BCUT2D eigenvalue weighted by Gasteiger charge is -2.41. The molecule has 6 aliphatic rings. The number of likely N-dealkylation sites (tertiary alicyclic amines) is 1. The number of carbonyl (C=O) groups excluding carboxylic acids is 1. The highest BCUT2D eigenvalue weighted by Crippen LogP contribution is 2.44. The number of aliphatic hydroxyl groups excluding tert-OH is 4. The summed E-state index contributed by atoms with van der Waals surface area (Å²) >= 11 is 0. The minimum Gasteiger partial charge on any atom is -0.393 e. The molecule has 5 N–H and O–H groups in total. The largest absolute Gasteiger partial charge is 0.393 e. The summed E-state index contributed by atoms with van der Waals surface area (Å²) in [5.41, 5.74) is 7.50. The third-order valence-electron chi connectivity index (χ3n) is 13.9. The van der Waals surface area contributed by atoms with Gasteiger partial charge >= 0.3 is 0 Å². The van der Waals surface area contributed by atoms with Crippen LogP contribution in [0.15, 0.2) is 73.6 Å². The maximum Gasteiger partial charge on any atom is 0.133 e. The Kier molecular flexibility index (Phi) is 14.5. The number of aliphatic hydroxyl groups is 4. The predicted molar refractivity (Wildman–Crippen MR) is 228 cm³/mol. The molecule has 10 rings (SSSR count). The van der Waals surface area contributed by atoms with Crippen molar-refractivity contribution >= 4 is 18.2 Å². The first-order valence-electron chi connectivity index (χ1n) is 21.7. The molecule has 0 radical (unpaired) electrons. The normalized spacial score (nSPS) is 25.8. The minimum absolute atomic E-state index is 0. The van der Waals surface area contributed by atoms with Gasteiger partial charge in [0.25, 0.3) is 0 Å². The van der Waals surface area contributed by atoms with Crippen molar-refractivity contribution in [2.45, 2.75) is 132 Å². The van der Waals surface area contributed by atoms with Gasteiger partial charge in [-0.1, -0.05) is 48.5 Å². The van der Waals surface area contributed by atoms with Gasteiger partial charge in [0.15, 0.2) is 0 Å². The van der Waals surface area contributed by atoms with Gasteiger partial charge in [0.05, 0.1) is 72.9 Å². The molecule has 0 spiro atoms. The summed E-state index contributed by atoms with van der Waals surface area (Å²) < 4.78 is 4.45. The lowest BCUT2D eigenvalue weighted by molar-refractivity contribution is -0.122. The number of hydrogen-bond donors (Lipinski definition) is 5. The molecule has 58 heavy (non-hydrogen) atoms. The predicted octanol–water partition coefficient (Wildman–Crippen LogP) is 6.34. The average molecular weight is 815 g/mol. The Morgan fingerprint density at radius 2 is 1.10 bits per heavy atom. The lowest BCUT2D eigenvalue weighted by atomic mass is 9.84. The number of aromatic nitrogens is 4. The number of Topliss-reactive ketones (excluding diaryl/α,β-unsaturated/α-hetero) is 1. The number of nitrogens with zero attached hydrogens (tertiary/aromatic N) is 5. The summed E-state index contributed by atoms with van der Waals surface area (Å²) in [6.07, 6.45) is 19.4. The molecule has 2 aliphatic carbocycles. The highest BCUT2D eigenvalue weighted by atomic mass is 35.5. The van der Waals surface area contributed by atoms with E-state index >= 15 is 0 Å². The van der Waals surface area contributed by atoms with Crippen LogP contribution in [0.5, 0.6) is 0 Å². The van der Waals surface area contributed by atoms with Crippen LogP contribution in [0.3, 0.4) is 0 Å². The highest BCUT2D eigenvalue weighted by Gasteiger charge is 2.36. The van der Waals surface area contributed by atoms with Gasteiger partial charge in [0, 0.05) is 30.0 Å². The van der Waals surface area contributed by atoms with Gasteiger partial charge in [-0.25, -0.2) is 9.97 Å². The molecule has 12 heteroatoms. The molecule has 4 unspecified atom stereocenters. The van der Waals surface area contributed by atoms with Crippen molar-refractivity contribution in [2.24, 2.45) is 11.8 Å². The average Bonchev–Trinajstić information content (AvgIpc) is 4.05. The van der Waals surface area contributed by atoms with E-state index < -0.39 is 0 Å². The topological polar surface area (TPSA) is 149 Å². The molecule has 4 aromatic rings. The number of halogens is 1. The van der Waals surface area contributed by atoms with Gasteiger partial charge in [-0.05, 0) is 126 Å². The van der Waals surface area contributed by atoms with Crippen LogP contribution in [0.2, 0.25) is 0 Å². The van der Waals surface area contributed by atoms with Gasteiger partial charge in [-0.3, -0.25) is 4.79 Å². The van der Waals surface area contributed by atoms with E-state index in [2.05, 4.69) is 77.8 Å². The van der Waals surface area contributed by atoms with Crippen molar-refractivity contribution in [1.82, 2.24) is 29.3 Å². The molecule has 4 atom stereocenters. The fourth-order valence-corrected chi connectivity index (χ4v) is 10.4. The molecule has 4 aliphatic heterocycles. The summed E-state index contributed by atoms with van der Waals surface area (Å²) in [5.74, 6) is 1.10. The number of benzene rings is 2. The monoisotopic (exact) mass is 814 g/mol. The highest BCUT2D eigenvalue weighted by molar-refractivity contribution is 5.85. The Hall–Kier alpha value is -3.42. The third-order valence-corrected chi connectivity index (χ3v) is 13.9. The molecule has 2 aromatic carbocycles. The SMILES string of the molecule is Cl.O=C1CCC(O)CC1.OC(CC1c2ccccc2-c2cncn21)C1CCNCC1.OC1CCC(N2CCC(C(O)CC3c4ccccc4-c4cncn43)CC2)CC1. The molecule has 6 heterocycles. The summed E-state index contributed by atoms with van der Waals surface area (Å²) in [6, 6.07) is 18.1. The van der Waals surface area contributed by atoms with Gasteiger partial charge < -0.3 is 39.8 Å². The van der Waals surface area contributed by atoms with Crippen LogP contribution in [-0.4, -0.2) is 107 Å². The quantitative estimate of drug-likeness (QED) is 0.144. The van der Waals surface area contributed by atoms with Gasteiger partial charge in [0.2, 0.25) is 0 Å². The molecule has 0 bridgehead atoms. The molecule has 2 aromatic heterocycles. The second-order valence-corrected chi connectivity index (χ2v) is 17.4. The van der Waals surface area contributed by atoms with E-state index in [1.54, 1.807) is 0 Å². The number of hydrogen-bond acceptors (Lipinski definition) is 9. The summed E-state index contributed by atoms with van der Waals surface area (Å²) in [7, 11) is 0. The van der Waals surface area contributed by atoms with E-state index in [4.69, 9.17) is 5.11 Å². The number of nitrogens with one attached hydrogen (secondary N) is 1. The first kappa shape index (κ1) is 42.7. The van der Waals surface area contributed by atoms with Crippen LogP contribution in [0.4, 0.5) is 0 Å². The van der Waals surface area contributed by atoms with Crippen molar-refractivity contribution < 1.29 is 25.2 Å². The third kappa shape index (κ3) is 9.62. The number of fused-ring (bicyclic) bond motifs is 6. The van der Waals surface area contributed by atoms with Crippen LogP contribution in [0.1, 0.15) is 113 Å². The van der Waals surface area contributed by atoms with E-state index in [0.717, 1.165) is 90.4 Å². The molecule has 11 nitrogen and oxygen atoms in total. The number of carbonyl (C=O) groups is 1. The zero-order valence-electron chi connectivity index (χ0n) is 33.7. The van der Waals surface area contributed by atoms with Gasteiger partial charge in [-0.15, -0.1) is 12.4 Å². The first-order valence-corrected chi connectivity index (χ1v) is 21.7. The molecule has 314 valence electrons. The fourth-order valence-electron chi connectivity index (χ4n) is 10.4. The Bertz CT molecular complexity index is 1900. The van der Waals surface area contributed by atoms with Crippen LogP contribution in [-0.2, 0) is 4.79 Å². The van der Waals surface area contributed by atoms with Gasteiger partial charge in [0.1, 0.15) is 5.78 Å². The lowest BCUT2D eigenvalue weighted by Crippen LogP contribution is -2.45. The number of ketones is 1. The Labute approximate surface area is 349 Å².